The van der Waals surface area contributed by atoms with Crippen molar-refractivity contribution in [1.29, 1.82) is 0 Å². The monoisotopic (exact) mass is 266 g/mol. The predicted molar refractivity (Wildman–Crippen MR) is 61.2 cm³/mol. The van der Waals surface area contributed by atoms with Crippen LogP contribution in [0, 0.1) is 0 Å². The Kier molecular flexibility index (Phi) is 5.16. The lowest BCUT2D eigenvalue weighted by Crippen LogP contribution is -2.49. The van der Waals surface area contributed by atoms with Gasteiger partial charge in [0.15, 0.2) is 0 Å². The summed E-state index contributed by atoms with van der Waals surface area (Å²) in [7, 11) is -2.01. The molecule has 1 heterocycles. The van der Waals surface area contributed by atoms with Gasteiger partial charge in [0.1, 0.15) is 0 Å². The smallest absolute Gasteiger partial charge is 0.409 e. The number of carbonyl (C=O) groups excluding carboxylic acids is 1. The number of rotatable bonds is 4. The third-order valence-corrected chi connectivity index (χ3v) is 3.10. The van der Waals surface area contributed by atoms with Crippen LogP contribution in [0.15, 0.2) is 0 Å². The van der Waals surface area contributed by atoms with Gasteiger partial charge in [0.05, 0.1) is 20.0 Å². The van der Waals surface area contributed by atoms with Crippen LogP contribution in [-0.2, 0) is 19.0 Å². The van der Waals surface area contributed by atoms with Gasteiger partial charge >= 0.3 is 6.09 Å². The lowest BCUT2D eigenvalue weighted by Gasteiger charge is -2.33. The quantitative estimate of drug-likeness (QED) is 0.629. The zero-order valence-corrected chi connectivity index (χ0v) is 10.9. The van der Waals surface area contributed by atoms with Crippen LogP contribution in [0.3, 0.4) is 0 Å². The lowest BCUT2D eigenvalue weighted by molar-refractivity contribution is 0.0865. The number of hydrogen-bond donors (Lipinski definition) is 0. The van der Waals surface area contributed by atoms with Gasteiger partial charge in [-0.05, 0) is 0 Å². The number of ether oxygens (including phenoxy) is 1. The maximum absolute atomic E-state index is 11.2. The van der Waals surface area contributed by atoms with Crippen LogP contribution in [-0.4, -0.2) is 77.0 Å². The van der Waals surface area contributed by atoms with Gasteiger partial charge in [0.25, 0.3) is 10.1 Å². The standard InChI is InChI=1S/C9H18N2O5S/c1-15-9(12)11-5-3-10(4-6-11)7-8-16-17(2,13)14/h3-8H2,1-2H3. The molecule has 100 valence electrons. The molecule has 0 atom stereocenters. The summed E-state index contributed by atoms with van der Waals surface area (Å²) in [5.41, 5.74) is 0. The number of piperazine rings is 1. The first-order valence-corrected chi connectivity index (χ1v) is 7.13. The van der Waals surface area contributed by atoms with E-state index < -0.39 is 10.1 Å². The summed E-state index contributed by atoms with van der Waals surface area (Å²) in [5.74, 6) is 0. The van der Waals surface area contributed by atoms with E-state index in [1.165, 1.54) is 7.11 Å². The molecule has 17 heavy (non-hydrogen) atoms. The third-order valence-electron chi connectivity index (χ3n) is 2.51. The maximum atomic E-state index is 11.2. The molecule has 1 saturated heterocycles. The second kappa shape index (κ2) is 6.18. The molecule has 8 heteroatoms. The topological polar surface area (TPSA) is 76.2 Å². The first-order valence-electron chi connectivity index (χ1n) is 5.32. The SMILES string of the molecule is COC(=O)N1CCN(CCOS(C)(=O)=O)CC1. The van der Waals surface area contributed by atoms with Gasteiger partial charge in [0.2, 0.25) is 0 Å². The summed E-state index contributed by atoms with van der Waals surface area (Å²) in [6.45, 7) is 3.26. The van der Waals surface area contributed by atoms with Crippen LogP contribution < -0.4 is 0 Å². The lowest BCUT2D eigenvalue weighted by atomic mass is 10.3. The molecule has 7 nitrogen and oxygen atoms in total. The number of hydrogen-bond acceptors (Lipinski definition) is 6. The van der Waals surface area contributed by atoms with E-state index in [4.69, 9.17) is 0 Å². The van der Waals surface area contributed by atoms with Crippen LogP contribution >= 0.6 is 0 Å². The Hall–Kier alpha value is -0.860. The Morgan fingerprint density at radius 3 is 2.29 bits per heavy atom. The van der Waals surface area contributed by atoms with E-state index in [2.05, 4.69) is 8.92 Å². The number of methoxy groups -OCH3 is 1. The summed E-state index contributed by atoms with van der Waals surface area (Å²) >= 11 is 0. The van der Waals surface area contributed by atoms with Crippen molar-refractivity contribution in [2.45, 2.75) is 0 Å². The molecule has 0 aromatic rings. The molecule has 0 aromatic heterocycles. The van der Waals surface area contributed by atoms with E-state index in [1.807, 2.05) is 4.90 Å². The molecular weight excluding hydrogens is 248 g/mol. The van der Waals surface area contributed by atoms with Crippen molar-refractivity contribution in [2.24, 2.45) is 0 Å². The van der Waals surface area contributed by atoms with Crippen molar-refractivity contribution >= 4 is 16.2 Å². The Morgan fingerprint density at radius 2 is 1.82 bits per heavy atom. The molecule has 0 spiro atoms. The van der Waals surface area contributed by atoms with Crippen LogP contribution in [0.1, 0.15) is 0 Å². The molecule has 0 radical (unpaired) electrons. The van der Waals surface area contributed by atoms with Gasteiger partial charge in [-0.1, -0.05) is 0 Å². The van der Waals surface area contributed by atoms with Crippen molar-refractivity contribution in [2.75, 3.05) is 52.7 Å². The second-order valence-electron chi connectivity index (χ2n) is 3.82. The normalized spacial score (nSPS) is 18.1. The molecule has 1 rings (SSSR count). The number of carbonyl (C=O) groups is 1. The van der Waals surface area contributed by atoms with Crippen molar-refractivity contribution < 1.29 is 22.1 Å². The van der Waals surface area contributed by atoms with Crippen LogP contribution in [0.25, 0.3) is 0 Å². The Labute approximate surface area is 101 Å². The van der Waals surface area contributed by atoms with Gasteiger partial charge in [-0.25, -0.2) is 4.79 Å². The minimum atomic E-state index is -3.36. The average molecular weight is 266 g/mol. The van der Waals surface area contributed by atoms with Gasteiger partial charge in [-0.2, -0.15) is 8.42 Å². The number of nitrogens with zero attached hydrogens (tertiary/aromatic N) is 2. The maximum Gasteiger partial charge on any atom is 0.409 e. The van der Waals surface area contributed by atoms with Crippen LogP contribution in [0.4, 0.5) is 4.79 Å². The molecule has 1 amide bonds. The second-order valence-corrected chi connectivity index (χ2v) is 5.47. The van der Waals surface area contributed by atoms with E-state index in [0.717, 1.165) is 6.26 Å². The van der Waals surface area contributed by atoms with Gasteiger partial charge in [-0.3, -0.25) is 9.08 Å². The molecule has 1 aliphatic heterocycles. The molecule has 1 fully saturated rings. The van der Waals surface area contributed by atoms with E-state index in [-0.39, 0.29) is 12.7 Å². The highest BCUT2D eigenvalue weighted by molar-refractivity contribution is 7.85. The Bertz CT molecular complexity index is 348. The first-order chi connectivity index (χ1) is 7.92. The van der Waals surface area contributed by atoms with Crippen LogP contribution in [0.2, 0.25) is 0 Å². The van der Waals surface area contributed by atoms with Gasteiger partial charge < -0.3 is 9.64 Å². The summed E-state index contributed by atoms with van der Waals surface area (Å²) in [6, 6.07) is 0. The third kappa shape index (κ3) is 5.33. The Balaban J connectivity index is 2.21. The fourth-order valence-electron chi connectivity index (χ4n) is 1.60. The predicted octanol–water partition coefficient (Wildman–Crippen LogP) is -0.653. The number of amides is 1. The van der Waals surface area contributed by atoms with Gasteiger partial charge in [0, 0.05) is 32.7 Å². The summed E-state index contributed by atoms with van der Waals surface area (Å²) in [5, 5.41) is 0. The minimum absolute atomic E-state index is 0.150. The highest BCUT2D eigenvalue weighted by Crippen LogP contribution is 2.03. The van der Waals surface area contributed by atoms with Gasteiger partial charge in [-0.15, -0.1) is 0 Å². The first kappa shape index (κ1) is 14.2. The van der Waals surface area contributed by atoms with Crippen molar-refractivity contribution in [3.05, 3.63) is 0 Å². The van der Waals surface area contributed by atoms with Crippen molar-refractivity contribution in [3.63, 3.8) is 0 Å². The molecule has 1 aliphatic rings. The molecule has 0 unspecified atom stereocenters. The summed E-state index contributed by atoms with van der Waals surface area (Å²) in [6.07, 6.45) is 0.708. The average Bonchev–Trinajstić information content (AvgIpc) is 2.27. The van der Waals surface area contributed by atoms with E-state index in [1.54, 1.807) is 4.90 Å². The molecule has 0 aliphatic carbocycles. The minimum Gasteiger partial charge on any atom is -0.453 e. The van der Waals surface area contributed by atoms with E-state index in [0.29, 0.717) is 32.7 Å². The summed E-state index contributed by atoms with van der Waals surface area (Å²) < 4.78 is 30.8. The zero-order chi connectivity index (χ0) is 12.9. The van der Waals surface area contributed by atoms with Crippen molar-refractivity contribution in [3.8, 4) is 0 Å². The molecule has 0 bridgehead atoms. The van der Waals surface area contributed by atoms with Crippen LogP contribution in [0.5, 0.6) is 0 Å². The van der Waals surface area contributed by atoms with E-state index in [9.17, 15) is 13.2 Å². The van der Waals surface area contributed by atoms with Crippen molar-refractivity contribution in [1.82, 2.24) is 9.80 Å². The fourth-order valence-corrected chi connectivity index (χ4v) is 1.98. The molecule has 0 N–H and O–H groups in total. The molecular formula is C9H18N2O5S. The largest absolute Gasteiger partial charge is 0.453 e. The highest BCUT2D eigenvalue weighted by Gasteiger charge is 2.21. The molecule has 0 saturated carbocycles. The fraction of sp³-hybridized carbons (Fsp3) is 0.889. The Morgan fingerprint density at radius 1 is 1.24 bits per heavy atom. The highest BCUT2D eigenvalue weighted by atomic mass is 32.2. The van der Waals surface area contributed by atoms with E-state index >= 15 is 0 Å². The zero-order valence-electron chi connectivity index (χ0n) is 10.1. The summed E-state index contributed by atoms with van der Waals surface area (Å²) in [4.78, 5) is 14.9. The molecule has 0 aromatic carbocycles.